The lowest BCUT2D eigenvalue weighted by Gasteiger charge is -2.11. The first kappa shape index (κ1) is 15.5. The molecular formula is C18H20N2O3. The number of ether oxygens (including phenoxy) is 2. The maximum atomic E-state index is 12.1. The van der Waals surface area contributed by atoms with Gasteiger partial charge in [-0.25, -0.2) is 0 Å². The highest BCUT2D eigenvalue weighted by molar-refractivity contribution is 5.94. The summed E-state index contributed by atoms with van der Waals surface area (Å²) in [6, 6.07) is 11.0. The second-order valence-electron chi connectivity index (χ2n) is 5.51. The Morgan fingerprint density at radius 3 is 2.70 bits per heavy atom. The highest BCUT2D eigenvalue weighted by Gasteiger charge is 2.16. The van der Waals surface area contributed by atoms with Crippen molar-refractivity contribution >= 4 is 5.91 Å². The van der Waals surface area contributed by atoms with E-state index in [1.165, 1.54) is 0 Å². The zero-order valence-corrected chi connectivity index (χ0v) is 12.9. The standard InChI is InChI=1S/C18H20N2O3/c21-18(20-12-17-2-1-11-22-17)15-3-5-16(6-4-15)23-13-14-7-9-19-10-8-14/h3-10,17H,1-2,11-13H2,(H,20,21)/t17-/m1/s1. The summed E-state index contributed by atoms with van der Waals surface area (Å²) >= 11 is 0. The number of amides is 1. The molecule has 1 amide bonds. The molecule has 1 atom stereocenters. The molecule has 0 saturated carbocycles. The van der Waals surface area contributed by atoms with Gasteiger partial charge in [-0.2, -0.15) is 0 Å². The van der Waals surface area contributed by atoms with Crippen LogP contribution in [-0.4, -0.2) is 30.1 Å². The van der Waals surface area contributed by atoms with Crippen LogP contribution < -0.4 is 10.1 Å². The normalized spacial score (nSPS) is 17.0. The molecule has 0 radical (unpaired) electrons. The number of nitrogens with zero attached hydrogens (tertiary/aromatic N) is 1. The summed E-state index contributed by atoms with van der Waals surface area (Å²) in [4.78, 5) is 16.0. The number of hydrogen-bond donors (Lipinski definition) is 1. The highest BCUT2D eigenvalue weighted by Crippen LogP contribution is 2.15. The molecule has 23 heavy (non-hydrogen) atoms. The van der Waals surface area contributed by atoms with Crippen molar-refractivity contribution in [2.24, 2.45) is 0 Å². The van der Waals surface area contributed by atoms with Gasteiger partial charge < -0.3 is 14.8 Å². The minimum atomic E-state index is -0.0822. The Morgan fingerprint density at radius 1 is 1.22 bits per heavy atom. The molecule has 3 rings (SSSR count). The van der Waals surface area contributed by atoms with Gasteiger partial charge in [0.25, 0.3) is 5.91 Å². The molecule has 2 aromatic rings. The predicted octanol–water partition coefficient (Wildman–Crippen LogP) is 2.57. The zero-order valence-electron chi connectivity index (χ0n) is 12.9. The average molecular weight is 312 g/mol. The predicted molar refractivity (Wildman–Crippen MR) is 86.3 cm³/mol. The quantitative estimate of drug-likeness (QED) is 0.890. The van der Waals surface area contributed by atoms with Crippen molar-refractivity contribution < 1.29 is 14.3 Å². The van der Waals surface area contributed by atoms with Gasteiger partial charge in [0.05, 0.1) is 6.10 Å². The number of pyridine rings is 1. The number of rotatable bonds is 6. The Morgan fingerprint density at radius 2 is 2.00 bits per heavy atom. The van der Waals surface area contributed by atoms with Gasteiger partial charge in [-0.15, -0.1) is 0 Å². The molecule has 0 aliphatic carbocycles. The summed E-state index contributed by atoms with van der Waals surface area (Å²) in [6.45, 7) is 1.84. The Kier molecular flexibility index (Phi) is 5.21. The van der Waals surface area contributed by atoms with E-state index in [1.54, 1.807) is 24.5 Å². The lowest BCUT2D eigenvalue weighted by molar-refractivity contribution is 0.0857. The largest absolute Gasteiger partial charge is 0.489 e. The smallest absolute Gasteiger partial charge is 0.251 e. The van der Waals surface area contributed by atoms with Gasteiger partial charge in [0.15, 0.2) is 0 Å². The van der Waals surface area contributed by atoms with Crippen LogP contribution in [-0.2, 0) is 11.3 Å². The van der Waals surface area contributed by atoms with Crippen LogP contribution in [0.4, 0.5) is 0 Å². The lowest BCUT2D eigenvalue weighted by atomic mass is 10.2. The molecule has 1 aromatic heterocycles. The molecule has 1 saturated heterocycles. The Labute approximate surface area is 135 Å². The summed E-state index contributed by atoms with van der Waals surface area (Å²) in [5.41, 5.74) is 1.68. The third-order valence-corrected chi connectivity index (χ3v) is 3.79. The van der Waals surface area contributed by atoms with Crippen LogP contribution in [0.3, 0.4) is 0 Å². The van der Waals surface area contributed by atoms with Crippen molar-refractivity contribution in [1.29, 1.82) is 0 Å². The van der Waals surface area contributed by atoms with Gasteiger partial charge in [-0.3, -0.25) is 9.78 Å². The fourth-order valence-electron chi connectivity index (χ4n) is 2.46. The Balaban J connectivity index is 1.49. The van der Waals surface area contributed by atoms with Gasteiger partial charge in [0.1, 0.15) is 12.4 Å². The van der Waals surface area contributed by atoms with E-state index in [0.29, 0.717) is 18.7 Å². The van der Waals surface area contributed by atoms with E-state index in [-0.39, 0.29) is 12.0 Å². The van der Waals surface area contributed by atoms with Crippen molar-refractivity contribution in [2.45, 2.75) is 25.6 Å². The van der Waals surface area contributed by atoms with E-state index >= 15 is 0 Å². The summed E-state index contributed by atoms with van der Waals surface area (Å²) < 4.78 is 11.2. The van der Waals surface area contributed by atoms with E-state index in [2.05, 4.69) is 10.3 Å². The number of hydrogen-bond acceptors (Lipinski definition) is 4. The molecule has 5 heteroatoms. The van der Waals surface area contributed by atoms with Crippen LogP contribution in [0.5, 0.6) is 5.75 Å². The van der Waals surface area contributed by atoms with E-state index in [9.17, 15) is 4.79 Å². The molecular weight excluding hydrogens is 292 g/mol. The van der Waals surface area contributed by atoms with Gasteiger partial charge in [-0.05, 0) is 54.8 Å². The van der Waals surface area contributed by atoms with Crippen molar-refractivity contribution in [3.05, 3.63) is 59.9 Å². The topological polar surface area (TPSA) is 60.5 Å². The summed E-state index contributed by atoms with van der Waals surface area (Å²) in [7, 11) is 0. The van der Waals surface area contributed by atoms with Crippen LogP contribution in [0.25, 0.3) is 0 Å². The SMILES string of the molecule is O=C(NC[C@H]1CCCO1)c1ccc(OCc2ccncc2)cc1. The number of carbonyl (C=O) groups is 1. The number of carbonyl (C=O) groups excluding carboxylic acids is 1. The van der Waals surface area contributed by atoms with Crippen molar-refractivity contribution in [1.82, 2.24) is 10.3 Å². The first-order chi connectivity index (χ1) is 11.3. The summed E-state index contributed by atoms with van der Waals surface area (Å²) in [5.74, 6) is 0.652. The van der Waals surface area contributed by atoms with Crippen LogP contribution >= 0.6 is 0 Å². The molecule has 1 aromatic carbocycles. The molecule has 1 aliphatic heterocycles. The molecule has 0 bridgehead atoms. The number of benzene rings is 1. The first-order valence-corrected chi connectivity index (χ1v) is 7.83. The number of nitrogens with one attached hydrogen (secondary N) is 1. The molecule has 2 heterocycles. The van der Waals surface area contributed by atoms with Crippen molar-refractivity contribution in [3.63, 3.8) is 0 Å². The van der Waals surface area contributed by atoms with Crippen LogP contribution in [0.15, 0.2) is 48.8 Å². The Hall–Kier alpha value is -2.40. The van der Waals surface area contributed by atoms with Crippen molar-refractivity contribution in [2.75, 3.05) is 13.2 Å². The lowest BCUT2D eigenvalue weighted by Crippen LogP contribution is -2.31. The molecule has 1 N–H and O–H groups in total. The minimum absolute atomic E-state index is 0.0822. The van der Waals surface area contributed by atoms with Crippen LogP contribution in [0.1, 0.15) is 28.8 Å². The first-order valence-electron chi connectivity index (χ1n) is 7.83. The molecule has 1 aliphatic rings. The maximum Gasteiger partial charge on any atom is 0.251 e. The van der Waals surface area contributed by atoms with E-state index in [0.717, 1.165) is 30.8 Å². The third-order valence-electron chi connectivity index (χ3n) is 3.79. The fraction of sp³-hybridized carbons (Fsp3) is 0.333. The highest BCUT2D eigenvalue weighted by atomic mass is 16.5. The maximum absolute atomic E-state index is 12.1. The van der Waals surface area contributed by atoms with Crippen LogP contribution in [0, 0.1) is 0 Å². The fourth-order valence-corrected chi connectivity index (χ4v) is 2.46. The second kappa shape index (κ2) is 7.74. The minimum Gasteiger partial charge on any atom is -0.489 e. The summed E-state index contributed by atoms with van der Waals surface area (Å²) in [6.07, 6.45) is 5.72. The zero-order chi connectivity index (χ0) is 15.9. The average Bonchev–Trinajstić information content (AvgIpc) is 3.13. The molecule has 5 nitrogen and oxygen atoms in total. The summed E-state index contributed by atoms with van der Waals surface area (Å²) in [5, 5.41) is 2.91. The third kappa shape index (κ3) is 4.53. The van der Waals surface area contributed by atoms with Crippen LogP contribution in [0.2, 0.25) is 0 Å². The second-order valence-corrected chi connectivity index (χ2v) is 5.51. The van der Waals surface area contributed by atoms with E-state index < -0.39 is 0 Å². The van der Waals surface area contributed by atoms with Gasteiger partial charge in [0.2, 0.25) is 0 Å². The molecule has 0 unspecified atom stereocenters. The van der Waals surface area contributed by atoms with Gasteiger partial charge >= 0.3 is 0 Å². The monoisotopic (exact) mass is 312 g/mol. The van der Waals surface area contributed by atoms with Crippen molar-refractivity contribution in [3.8, 4) is 5.75 Å². The molecule has 0 spiro atoms. The molecule has 120 valence electrons. The Bertz CT molecular complexity index is 622. The molecule has 1 fully saturated rings. The van der Waals surface area contributed by atoms with Gasteiger partial charge in [-0.1, -0.05) is 0 Å². The van der Waals surface area contributed by atoms with E-state index in [4.69, 9.17) is 9.47 Å². The number of aromatic nitrogens is 1. The van der Waals surface area contributed by atoms with E-state index in [1.807, 2.05) is 24.3 Å². The van der Waals surface area contributed by atoms with Gasteiger partial charge in [0, 0.05) is 31.1 Å².